The Morgan fingerprint density at radius 1 is 0.839 bits per heavy atom. The first-order valence-corrected chi connectivity index (χ1v) is 12.5. The van der Waals surface area contributed by atoms with Crippen LogP contribution in [0.3, 0.4) is 0 Å². The Morgan fingerprint density at radius 2 is 1.45 bits per heavy atom. The molecule has 10 nitrogen and oxygen atoms in total. The van der Waals surface area contributed by atoms with E-state index in [9.17, 15) is 0 Å². The zero-order valence-electron chi connectivity index (χ0n) is 15.8. The standard InChI is InChI=1S/C8H5N5S3.C8H5N5S2/c1-14-8-12-7(13-16-8)15-6-5(4-9)10-2-3-11-6;1-5-12-13-8(14-5)15-7-6(4-9)10-2-3-11-7/h2-3H,1H3;2-3H,1H3. The minimum absolute atomic E-state index is 0.299. The van der Waals surface area contributed by atoms with Crippen molar-refractivity contribution in [2.45, 2.75) is 30.8 Å². The summed E-state index contributed by atoms with van der Waals surface area (Å²) in [6.45, 7) is 1.88. The number of thioether (sulfide) groups is 1. The van der Waals surface area contributed by atoms with E-state index in [1.807, 2.05) is 25.3 Å². The van der Waals surface area contributed by atoms with Crippen LogP contribution in [0, 0.1) is 29.6 Å². The van der Waals surface area contributed by atoms with Gasteiger partial charge in [0, 0.05) is 24.8 Å². The maximum atomic E-state index is 8.84. The van der Waals surface area contributed by atoms with E-state index in [2.05, 4.69) is 39.5 Å². The lowest BCUT2D eigenvalue weighted by molar-refractivity contribution is 0.973. The molecule has 0 N–H and O–H groups in total. The van der Waals surface area contributed by atoms with Crippen molar-refractivity contribution in [3.8, 4) is 12.1 Å². The van der Waals surface area contributed by atoms with Gasteiger partial charge in [0.15, 0.2) is 20.1 Å². The molecule has 15 heteroatoms. The third kappa shape index (κ3) is 6.65. The van der Waals surface area contributed by atoms with Gasteiger partial charge < -0.3 is 0 Å². The van der Waals surface area contributed by atoms with Gasteiger partial charge in [-0.1, -0.05) is 23.1 Å². The highest BCUT2D eigenvalue weighted by atomic mass is 32.2. The largest absolute Gasteiger partial charge is 0.245 e. The molecule has 0 radical (unpaired) electrons. The van der Waals surface area contributed by atoms with Gasteiger partial charge in [0.1, 0.15) is 27.2 Å². The van der Waals surface area contributed by atoms with Crippen LogP contribution in [-0.4, -0.2) is 45.7 Å². The smallest absolute Gasteiger partial charge is 0.207 e. The van der Waals surface area contributed by atoms with Crippen molar-refractivity contribution < 1.29 is 0 Å². The summed E-state index contributed by atoms with van der Waals surface area (Å²) in [5, 5.41) is 28.1. The first-order valence-electron chi connectivity index (χ1n) is 8.08. The van der Waals surface area contributed by atoms with Crippen LogP contribution in [0.1, 0.15) is 16.4 Å². The van der Waals surface area contributed by atoms with Gasteiger partial charge in [0.25, 0.3) is 0 Å². The summed E-state index contributed by atoms with van der Waals surface area (Å²) in [6, 6.07) is 3.97. The number of aromatic nitrogens is 8. The summed E-state index contributed by atoms with van der Waals surface area (Å²) in [5.74, 6) is 0. The van der Waals surface area contributed by atoms with Crippen LogP contribution in [0.25, 0.3) is 0 Å². The zero-order chi connectivity index (χ0) is 22.1. The van der Waals surface area contributed by atoms with Gasteiger partial charge in [-0.05, 0) is 48.2 Å². The lowest BCUT2D eigenvalue weighted by atomic mass is 10.5. The summed E-state index contributed by atoms with van der Waals surface area (Å²) in [7, 11) is 0. The van der Waals surface area contributed by atoms with Crippen LogP contribution in [0.2, 0.25) is 0 Å². The van der Waals surface area contributed by atoms with E-state index >= 15 is 0 Å². The fourth-order valence-corrected chi connectivity index (χ4v) is 5.41. The molecule has 0 aliphatic heterocycles. The van der Waals surface area contributed by atoms with Gasteiger partial charge in [-0.3, -0.25) is 0 Å². The second-order valence-electron chi connectivity index (χ2n) is 4.98. The van der Waals surface area contributed by atoms with E-state index in [4.69, 9.17) is 10.5 Å². The Labute approximate surface area is 197 Å². The molecule has 0 unspecified atom stereocenters. The Balaban J connectivity index is 0.000000176. The van der Waals surface area contributed by atoms with Crippen LogP contribution in [-0.2, 0) is 0 Å². The van der Waals surface area contributed by atoms with Crippen LogP contribution in [0.5, 0.6) is 0 Å². The van der Waals surface area contributed by atoms with E-state index in [0.29, 0.717) is 26.6 Å². The molecule has 154 valence electrons. The summed E-state index contributed by atoms with van der Waals surface area (Å²) in [4.78, 5) is 20.2. The average Bonchev–Trinajstić information content (AvgIpc) is 3.43. The average molecular weight is 503 g/mol. The Hall–Kier alpha value is -2.69. The molecule has 4 aromatic rings. The van der Waals surface area contributed by atoms with Gasteiger partial charge in [0.05, 0.1) is 0 Å². The van der Waals surface area contributed by atoms with Crippen LogP contribution in [0.15, 0.2) is 48.7 Å². The van der Waals surface area contributed by atoms with Crippen LogP contribution in [0.4, 0.5) is 0 Å². The van der Waals surface area contributed by atoms with Crippen LogP contribution >= 0.6 is 58.2 Å². The van der Waals surface area contributed by atoms with Crippen molar-refractivity contribution in [3.63, 3.8) is 0 Å². The van der Waals surface area contributed by atoms with Crippen molar-refractivity contribution in [1.29, 1.82) is 10.5 Å². The molecular formula is C16H10N10S5. The maximum absolute atomic E-state index is 8.84. The third-order valence-electron chi connectivity index (χ3n) is 2.98. The molecule has 0 aromatic carbocycles. The lowest BCUT2D eigenvalue weighted by Gasteiger charge is -1.96. The minimum atomic E-state index is 0.299. The zero-order valence-corrected chi connectivity index (χ0v) is 19.9. The predicted molar refractivity (Wildman–Crippen MR) is 118 cm³/mol. The number of aryl methyl sites for hydroxylation is 1. The fraction of sp³-hybridized carbons (Fsp3) is 0.125. The van der Waals surface area contributed by atoms with Gasteiger partial charge in [-0.2, -0.15) is 14.9 Å². The molecule has 0 spiro atoms. The molecule has 0 aliphatic carbocycles. The third-order valence-corrected chi connectivity index (χ3v) is 7.51. The van der Waals surface area contributed by atoms with E-state index in [1.165, 1.54) is 58.8 Å². The normalized spacial score (nSPS) is 9.94. The first-order chi connectivity index (χ1) is 15.1. The van der Waals surface area contributed by atoms with Gasteiger partial charge in [0.2, 0.25) is 5.16 Å². The number of rotatable bonds is 5. The molecule has 0 amide bonds. The van der Waals surface area contributed by atoms with Crippen molar-refractivity contribution in [2.75, 3.05) is 6.26 Å². The Kier molecular flexibility index (Phi) is 8.63. The van der Waals surface area contributed by atoms with Gasteiger partial charge in [-0.15, -0.1) is 10.2 Å². The molecule has 0 saturated heterocycles. The quantitative estimate of drug-likeness (QED) is 0.365. The highest BCUT2D eigenvalue weighted by molar-refractivity contribution is 8.01. The topological polar surface area (TPSA) is 151 Å². The second-order valence-corrected chi connectivity index (χ2v) is 10.2. The van der Waals surface area contributed by atoms with Crippen molar-refractivity contribution in [1.82, 2.24) is 39.5 Å². The van der Waals surface area contributed by atoms with Crippen molar-refractivity contribution >= 4 is 58.2 Å². The van der Waals surface area contributed by atoms with E-state index in [1.54, 1.807) is 24.2 Å². The van der Waals surface area contributed by atoms with E-state index in [-0.39, 0.29) is 0 Å². The summed E-state index contributed by atoms with van der Waals surface area (Å²) in [6.07, 6.45) is 8.03. The van der Waals surface area contributed by atoms with Gasteiger partial charge in [-0.25, -0.2) is 24.9 Å². The molecule has 4 aromatic heterocycles. The monoisotopic (exact) mass is 502 g/mol. The van der Waals surface area contributed by atoms with Crippen molar-refractivity contribution in [3.05, 3.63) is 41.2 Å². The number of nitriles is 2. The lowest BCUT2D eigenvalue weighted by Crippen LogP contribution is -1.90. The Morgan fingerprint density at radius 3 is 1.97 bits per heavy atom. The minimum Gasteiger partial charge on any atom is -0.245 e. The molecule has 0 fully saturated rings. The number of nitrogens with zero attached hydrogens (tertiary/aromatic N) is 10. The highest BCUT2D eigenvalue weighted by Crippen LogP contribution is 2.30. The number of hydrogen-bond donors (Lipinski definition) is 0. The summed E-state index contributed by atoms with van der Waals surface area (Å²) < 4.78 is 5.81. The second kappa shape index (κ2) is 11.6. The molecule has 0 atom stereocenters. The molecule has 31 heavy (non-hydrogen) atoms. The van der Waals surface area contributed by atoms with E-state index in [0.717, 1.165) is 13.7 Å². The molecule has 0 aliphatic rings. The molecule has 4 rings (SSSR count). The maximum Gasteiger partial charge on any atom is 0.207 e. The highest BCUT2D eigenvalue weighted by Gasteiger charge is 2.11. The van der Waals surface area contributed by atoms with Gasteiger partial charge >= 0.3 is 0 Å². The van der Waals surface area contributed by atoms with Crippen LogP contribution < -0.4 is 0 Å². The summed E-state index contributed by atoms with van der Waals surface area (Å²) in [5.41, 5.74) is 0.614. The first kappa shape index (κ1) is 23.0. The molecule has 4 heterocycles. The predicted octanol–water partition coefficient (Wildman–Crippen LogP) is 3.73. The van der Waals surface area contributed by atoms with E-state index < -0.39 is 0 Å². The molecular weight excluding hydrogens is 493 g/mol. The SMILES string of the molecule is CSc1nc(Sc2nccnc2C#N)ns1.Cc1nnc(Sc2nccnc2C#N)s1. The molecule has 0 bridgehead atoms. The molecule has 0 saturated carbocycles. The Bertz CT molecular complexity index is 1240. The fourth-order valence-electron chi connectivity index (χ4n) is 1.76. The van der Waals surface area contributed by atoms with Crippen molar-refractivity contribution in [2.24, 2.45) is 0 Å². The summed E-state index contributed by atoms with van der Waals surface area (Å²) >= 11 is 6.90. The number of hydrogen-bond acceptors (Lipinski definition) is 15.